The van der Waals surface area contributed by atoms with Crippen LogP contribution in [0.1, 0.15) is 5.56 Å². The minimum absolute atomic E-state index is 0.190. The van der Waals surface area contributed by atoms with Gasteiger partial charge in [-0.05, 0) is 47.7 Å². The van der Waals surface area contributed by atoms with Gasteiger partial charge in [0, 0.05) is 0 Å². The normalized spacial score (nSPS) is 16.6. The Hall–Kier alpha value is -2.48. The molecule has 0 bridgehead atoms. The standard InChI is InChI=1S/C18H13Cl2N3O3S/c19-12-2-1-3-13(16(12)20)22-18-23-17(25)14(27-18)8-10-4-6-11(7-5-10)26-9-15(21)24/h1-8H,9H2,(H2,21,24)(H,22,23,25)/b14-8-. The van der Waals surface area contributed by atoms with E-state index < -0.39 is 5.91 Å². The number of nitrogens with two attached hydrogens (primary N) is 1. The SMILES string of the molecule is NC(=O)COc1ccc(/C=C2\SC(=Nc3cccc(Cl)c3Cl)NC2=O)cc1. The molecule has 0 aromatic heterocycles. The third-order valence-electron chi connectivity index (χ3n) is 3.36. The molecule has 0 saturated carbocycles. The van der Waals surface area contributed by atoms with Crippen LogP contribution in [0.25, 0.3) is 6.08 Å². The van der Waals surface area contributed by atoms with Crippen LogP contribution in [0.2, 0.25) is 10.0 Å². The van der Waals surface area contributed by atoms with Gasteiger partial charge in [0.15, 0.2) is 11.8 Å². The number of amides is 2. The van der Waals surface area contributed by atoms with Crippen LogP contribution in [-0.4, -0.2) is 23.6 Å². The van der Waals surface area contributed by atoms with Crippen molar-refractivity contribution in [2.45, 2.75) is 0 Å². The van der Waals surface area contributed by atoms with E-state index in [-0.39, 0.29) is 12.5 Å². The molecule has 0 aliphatic carbocycles. The second kappa shape index (κ2) is 8.47. The van der Waals surface area contributed by atoms with E-state index in [1.165, 1.54) is 11.8 Å². The summed E-state index contributed by atoms with van der Waals surface area (Å²) in [6.45, 7) is -0.190. The fraction of sp³-hybridized carbons (Fsp3) is 0.0556. The van der Waals surface area contributed by atoms with Crippen LogP contribution in [0.3, 0.4) is 0 Å². The molecule has 0 unspecified atom stereocenters. The van der Waals surface area contributed by atoms with Gasteiger partial charge in [0.2, 0.25) is 0 Å². The highest BCUT2D eigenvalue weighted by Crippen LogP contribution is 2.34. The molecule has 1 aliphatic rings. The molecule has 1 aliphatic heterocycles. The second-order valence-electron chi connectivity index (χ2n) is 5.38. The van der Waals surface area contributed by atoms with Crippen LogP contribution >= 0.6 is 35.0 Å². The van der Waals surface area contributed by atoms with Gasteiger partial charge >= 0.3 is 0 Å². The summed E-state index contributed by atoms with van der Waals surface area (Å²) in [5.41, 5.74) is 6.30. The van der Waals surface area contributed by atoms with E-state index in [4.69, 9.17) is 33.7 Å². The molecule has 1 heterocycles. The van der Waals surface area contributed by atoms with Gasteiger partial charge in [-0.3, -0.25) is 9.59 Å². The maximum atomic E-state index is 12.2. The van der Waals surface area contributed by atoms with Crippen molar-refractivity contribution in [1.82, 2.24) is 5.32 Å². The highest BCUT2D eigenvalue weighted by atomic mass is 35.5. The van der Waals surface area contributed by atoms with Gasteiger partial charge in [-0.2, -0.15) is 0 Å². The monoisotopic (exact) mass is 421 g/mol. The summed E-state index contributed by atoms with van der Waals surface area (Å²) in [5, 5.41) is 3.82. The molecule has 2 aromatic carbocycles. The number of hydrogen-bond donors (Lipinski definition) is 2. The Morgan fingerprint density at radius 2 is 1.96 bits per heavy atom. The largest absolute Gasteiger partial charge is 0.484 e. The first-order valence-electron chi connectivity index (χ1n) is 7.67. The number of thioether (sulfide) groups is 1. The molecule has 1 saturated heterocycles. The van der Waals surface area contributed by atoms with Gasteiger partial charge in [-0.15, -0.1) is 0 Å². The van der Waals surface area contributed by atoms with E-state index in [1.54, 1.807) is 48.5 Å². The fourth-order valence-corrected chi connectivity index (χ4v) is 3.31. The number of carbonyl (C=O) groups excluding carboxylic acids is 2. The number of halogens is 2. The number of nitrogens with zero attached hydrogens (tertiary/aromatic N) is 1. The Morgan fingerprint density at radius 3 is 2.67 bits per heavy atom. The van der Waals surface area contributed by atoms with Crippen molar-refractivity contribution in [2.24, 2.45) is 10.7 Å². The van der Waals surface area contributed by atoms with Crippen molar-refractivity contribution < 1.29 is 14.3 Å². The summed E-state index contributed by atoms with van der Waals surface area (Å²) in [7, 11) is 0. The molecule has 2 aromatic rings. The Balaban J connectivity index is 1.74. The highest BCUT2D eigenvalue weighted by molar-refractivity contribution is 8.18. The number of aliphatic imine (C=N–C) groups is 1. The van der Waals surface area contributed by atoms with Crippen LogP contribution in [-0.2, 0) is 9.59 Å². The van der Waals surface area contributed by atoms with E-state index in [2.05, 4.69) is 10.3 Å². The number of primary amides is 1. The zero-order valence-electron chi connectivity index (χ0n) is 13.7. The molecule has 1 fully saturated rings. The van der Waals surface area contributed by atoms with Gasteiger partial charge in [0.05, 0.1) is 20.6 Å². The number of rotatable bonds is 5. The van der Waals surface area contributed by atoms with E-state index in [0.29, 0.717) is 31.6 Å². The van der Waals surface area contributed by atoms with Gasteiger partial charge in [-0.1, -0.05) is 41.4 Å². The zero-order valence-corrected chi connectivity index (χ0v) is 16.1. The fourth-order valence-electron chi connectivity index (χ4n) is 2.13. The predicted octanol–water partition coefficient (Wildman–Crippen LogP) is 3.75. The smallest absolute Gasteiger partial charge is 0.264 e. The second-order valence-corrected chi connectivity index (χ2v) is 7.19. The van der Waals surface area contributed by atoms with Crippen LogP contribution in [0, 0.1) is 0 Å². The van der Waals surface area contributed by atoms with Gasteiger partial charge < -0.3 is 15.8 Å². The first-order valence-corrected chi connectivity index (χ1v) is 9.24. The van der Waals surface area contributed by atoms with Crippen molar-refractivity contribution in [2.75, 3.05) is 6.61 Å². The predicted molar refractivity (Wildman–Crippen MR) is 108 cm³/mol. The molecule has 6 nitrogen and oxygen atoms in total. The lowest BCUT2D eigenvalue weighted by Crippen LogP contribution is -2.20. The van der Waals surface area contributed by atoms with E-state index in [9.17, 15) is 9.59 Å². The summed E-state index contributed by atoms with van der Waals surface area (Å²) in [6, 6.07) is 12.0. The molecule has 2 amide bonds. The number of hydrogen-bond acceptors (Lipinski definition) is 5. The first kappa shape index (κ1) is 19.3. The Bertz CT molecular complexity index is 959. The average molecular weight is 422 g/mol. The number of ether oxygens (including phenoxy) is 1. The van der Waals surface area contributed by atoms with E-state index >= 15 is 0 Å². The van der Waals surface area contributed by atoms with Crippen LogP contribution in [0.15, 0.2) is 52.4 Å². The minimum atomic E-state index is -0.549. The van der Waals surface area contributed by atoms with Gasteiger partial charge in [0.1, 0.15) is 5.75 Å². The Morgan fingerprint density at radius 1 is 1.22 bits per heavy atom. The lowest BCUT2D eigenvalue weighted by atomic mass is 10.2. The van der Waals surface area contributed by atoms with Crippen LogP contribution < -0.4 is 15.8 Å². The van der Waals surface area contributed by atoms with Crippen molar-refractivity contribution >= 4 is 63.7 Å². The Labute approximate surface area is 169 Å². The number of nitrogens with one attached hydrogen (secondary N) is 1. The molecule has 0 spiro atoms. The quantitative estimate of drug-likeness (QED) is 0.718. The molecular formula is C18H13Cl2N3O3S. The number of amidine groups is 1. The van der Waals surface area contributed by atoms with Crippen LogP contribution in [0.5, 0.6) is 5.75 Å². The van der Waals surface area contributed by atoms with Crippen molar-refractivity contribution in [1.29, 1.82) is 0 Å². The van der Waals surface area contributed by atoms with Crippen molar-refractivity contribution in [3.05, 3.63) is 63.0 Å². The van der Waals surface area contributed by atoms with Crippen LogP contribution in [0.4, 0.5) is 5.69 Å². The molecule has 3 rings (SSSR count). The topological polar surface area (TPSA) is 93.8 Å². The number of benzene rings is 2. The molecule has 27 heavy (non-hydrogen) atoms. The maximum Gasteiger partial charge on any atom is 0.264 e. The highest BCUT2D eigenvalue weighted by Gasteiger charge is 2.24. The molecule has 0 radical (unpaired) electrons. The summed E-state index contributed by atoms with van der Waals surface area (Å²) in [5.74, 6) is -0.296. The average Bonchev–Trinajstić information content (AvgIpc) is 2.97. The molecular weight excluding hydrogens is 409 g/mol. The third kappa shape index (κ3) is 5.03. The van der Waals surface area contributed by atoms with Gasteiger partial charge in [0.25, 0.3) is 11.8 Å². The van der Waals surface area contributed by atoms with Gasteiger partial charge in [-0.25, -0.2) is 4.99 Å². The number of carbonyl (C=O) groups is 2. The van der Waals surface area contributed by atoms with Crippen molar-refractivity contribution in [3.63, 3.8) is 0 Å². The van der Waals surface area contributed by atoms with E-state index in [1.807, 2.05) is 0 Å². The zero-order chi connectivity index (χ0) is 19.4. The molecule has 9 heteroatoms. The van der Waals surface area contributed by atoms with Crippen molar-refractivity contribution in [3.8, 4) is 5.75 Å². The maximum absolute atomic E-state index is 12.2. The summed E-state index contributed by atoms with van der Waals surface area (Å²) in [6.07, 6.45) is 1.72. The first-order chi connectivity index (χ1) is 12.9. The lowest BCUT2D eigenvalue weighted by molar-refractivity contribution is -0.120. The molecule has 0 atom stereocenters. The third-order valence-corrected chi connectivity index (χ3v) is 5.08. The lowest BCUT2D eigenvalue weighted by Gasteiger charge is -2.03. The molecule has 3 N–H and O–H groups in total. The van der Waals surface area contributed by atoms with E-state index in [0.717, 1.165) is 5.56 Å². The summed E-state index contributed by atoms with van der Waals surface area (Å²) in [4.78, 5) is 27.7. The Kier molecular flexibility index (Phi) is 6.05. The summed E-state index contributed by atoms with van der Waals surface area (Å²) < 4.78 is 5.20. The minimum Gasteiger partial charge on any atom is -0.484 e. The summed E-state index contributed by atoms with van der Waals surface area (Å²) >= 11 is 13.3. The molecule has 138 valence electrons.